The summed E-state index contributed by atoms with van der Waals surface area (Å²) in [6, 6.07) is 4.08. The third kappa shape index (κ3) is 3.91. The molecule has 2 fully saturated rings. The first-order chi connectivity index (χ1) is 11.6. The Morgan fingerprint density at radius 3 is 3.17 bits per heavy atom. The zero-order valence-corrected chi connectivity index (χ0v) is 14.0. The zero-order chi connectivity index (χ0) is 16.9. The predicted molar refractivity (Wildman–Crippen MR) is 90.1 cm³/mol. The quantitative estimate of drug-likeness (QED) is 0.686. The fraction of sp³-hybridized carbons (Fsp3) is 0.588. The molecule has 24 heavy (non-hydrogen) atoms. The van der Waals surface area contributed by atoms with Crippen LogP contribution in [0.1, 0.15) is 24.8 Å². The fourth-order valence-electron chi connectivity index (χ4n) is 3.53. The van der Waals surface area contributed by atoms with Crippen LogP contribution in [0.2, 0.25) is 0 Å². The van der Waals surface area contributed by atoms with Gasteiger partial charge in [-0.05, 0) is 38.1 Å². The smallest absolute Gasteiger partial charge is 0.238 e. The van der Waals surface area contributed by atoms with Gasteiger partial charge in [-0.2, -0.15) is 0 Å². The molecule has 0 spiro atoms. The molecule has 1 aromatic heterocycles. The molecule has 7 heteroatoms. The summed E-state index contributed by atoms with van der Waals surface area (Å²) in [6.07, 6.45) is 5.63. The van der Waals surface area contributed by atoms with Crippen LogP contribution in [-0.4, -0.2) is 60.0 Å². The van der Waals surface area contributed by atoms with E-state index < -0.39 is 0 Å². The first-order valence-electron chi connectivity index (χ1n) is 8.54. The minimum Gasteiger partial charge on any atom is -0.353 e. The lowest BCUT2D eigenvalue weighted by Crippen LogP contribution is -2.48. The number of amides is 2. The number of carbonyl (C=O) groups is 2. The van der Waals surface area contributed by atoms with Crippen LogP contribution >= 0.6 is 0 Å². The van der Waals surface area contributed by atoms with Crippen LogP contribution in [0.4, 0.5) is 0 Å². The van der Waals surface area contributed by atoms with Crippen LogP contribution in [0.3, 0.4) is 0 Å². The van der Waals surface area contributed by atoms with Gasteiger partial charge in [0.2, 0.25) is 11.8 Å². The van der Waals surface area contributed by atoms with E-state index in [-0.39, 0.29) is 29.9 Å². The van der Waals surface area contributed by atoms with Crippen LogP contribution in [0.5, 0.6) is 0 Å². The van der Waals surface area contributed by atoms with Crippen LogP contribution in [0.25, 0.3) is 0 Å². The molecule has 0 unspecified atom stereocenters. The van der Waals surface area contributed by atoms with Crippen molar-refractivity contribution in [2.24, 2.45) is 0 Å². The molecule has 2 saturated heterocycles. The molecule has 0 aliphatic carbocycles. The molecule has 7 nitrogen and oxygen atoms in total. The number of hydrogen-bond acceptors (Lipinski definition) is 5. The Morgan fingerprint density at radius 2 is 2.38 bits per heavy atom. The SMILES string of the molecule is CN1[C@@H](CCC(=O)NCc2cccnc2)CNC(=O)[C@H]2NCC[C@@H]21. The lowest BCUT2D eigenvalue weighted by Gasteiger charge is -2.31. The van der Waals surface area contributed by atoms with Gasteiger partial charge >= 0.3 is 0 Å². The number of hydrogen-bond donors (Lipinski definition) is 3. The first kappa shape index (κ1) is 16.9. The van der Waals surface area contributed by atoms with Gasteiger partial charge in [-0.1, -0.05) is 6.07 Å². The van der Waals surface area contributed by atoms with Crippen LogP contribution in [0.15, 0.2) is 24.5 Å². The average Bonchev–Trinajstić information content (AvgIpc) is 3.06. The van der Waals surface area contributed by atoms with Crippen LogP contribution < -0.4 is 16.0 Å². The highest BCUT2D eigenvalue weighted by atomic mass is 16.2. The molecule has 2 aliphatic rings. The van der Waals surface area contributed by atoms with Crippen molar-refractivity contribution in [2.75, 3.05) is 20.1 Å². The number of nitrogens with one attached hydrogen (secondary N) is 3. The molecule has 2 aliphatic heterocycles. The van der Waals surface area contributed by atoms with E-state index in [4.69, 9.17) is 0 Å². The number of carbonyl (C=O) groups excluding carboxylic acids is 2. The number of rotatable bonds is 5. The Balaban J connectivity index is 1.48. The Bertz CT molecular complexity index is 580. The van der Waals surface area contributed by atoms with Crippen molar-refractivity contribution < 1.29 is 9.59 Å². The zero-order valence-electron chi connectivity index (χ0n) is 14.0. The summed E-state index contributed by atoms with van der Waals surface area (Å²) in [6.45, 7) is 1.96. The summed E-state index contributed by atoms with van der Waals surface area (Å²) in [5, 5.41) is 9.19. The van der Waals surface area contributed by atoms with Crippen molar-refractivity contribution in [1.82, 2.24) is 25.8 Å². The fourth-order valence-corrected chi connectivity index (χ4v) is 3.53. The molecule has 0 radical (unpaired) electrons. The molecule has 3 rings (SSSR count). The topological polar surface area (TPSA) is 86.4 Å². The van der Waals surface area contributed by atoms with Gasteiger partial charge in [0, 0.05) is 44.0 Å². The van der Waals surface area contributed by atoms with Gasteiger partial charge in [0.25, 0.3) is 0 Å². The molecule has 3 atom stereocenters. The van der Waals surface area contributed by atoms with Crippen molar-refractivity contribution in [3.63, 3.8) is 0 Å². The highest BCUT2D eigenvalue weighted by molar-refractivity contribution is 5.83. The van der Waals surface area contributed by atoms with E-state index in [9.17, 15) is 9.59 Å². The number of aromatic nitrogens is 1. The van der Waals surface area contributed by atoms with Gasteiger partial charge in [-0.15, -0.1) is 0 Å². The molecule has 130 valence electrons. The monoisotopic (exact) mass is 331 g/mol. The second kappa shape index (κ2) is 7.72. The Morgan fingerprint density at radius 1 is 1.50 bits per heavy atom. The molecule has 2 amide bonds. The van der Waals surface area contributed by atoms with E-state index in [1.54, 1.807) is 12.4 Å². The lowest BCUT2D eigenvalue weighted by atomic mass is 10.0. The van der Waals surface area contributed by atoms with E-state index in [1.807, 2.05) is 12.1 Å². The van der Waals surface area contributed by atoms with Crippen molar-refractivity contribution in [3.05, 3.63) is 30.1 Å². The summed E-state index contributed by atoms with van der Waals surface area (Å²) in [4.78, 5) is 30.5. The van der Waals surface area contributed by atoms with E-state index in [0.29, 0.717) is 19.5 Å². The second-order valence-corrected chi connectivity index (χ2v) is 6.53. The molecular weight excluding hydrogens is 306 g/mol. The van der Waals surface area contributed by atoms with Crippen LogP contribution in [-0.2, 0) is 16.1 Å². The molecular formula is C17H25N5O2. The van der Waals surface area contributed by atoms with E-state index in [0.717, 1.165) is 24.9 Å². The molecule has 3 N–H and O–H groups in total. The number of pyridine rings is 1. The lowest BCUT2D eigenvalue weighted by molar-refractivity contribution is -0.123. The van der Waals surface area contributed by atoms with Crippen molar-refractivity contribution in [3.8, 4) is 0 Å². The minimum absolute atomic E-state index is 0.0314. The third-order valence-corrected chi connectivity index (χ3v) is 5.00. The van der Waals surface area contributed by atoms with Gasteiger partial charge in [0.1, 0.15) is 6.04 Å². The maximum Gasteiger partial charge on any atom is 0.238 e. The van der Waals surface area contributed by atoms with Gasteiger partial charge in [0.15, 0.2) is 0 Å². The summed E-state index contributed by atoms with van der Waals surface area (Å²) < 4.78 is 0. The number of nitrogens with zero attached hydrogens (tertiary/aromatic N) is 2. The summed E-state index contributed by atoms with van der Waals surface area (Å²) in [5.41, 5.74) is 0.990. The Hall–Kier alpha value is -1.99. The summed E-state index contributed by atoms with van der Waals surface area (Å²) >= 11 is 0. The van der Waals surface area contributed by atoms with E-state index in [2.05, 4.69) is 32.9 Å². The first-order valence-corrected chi connectivity index (χ1v) is 8.54. The van der Waals surface area contributed by atoms with Crippen LogP contribution in [0, 0.1) is 0 Å². The van der Waals surface area contributed by atoms with Gasteiger partial charge in [-0.3, -0.25) is 19.5 Å². The van der Waals surface area contributed by atoms with Gasteiger partial charge < -0.3 is 16.0 Å². The van der Waals surface area contributed by atoms with Gasteiger partial charge in [-0.25, -0.2) is 0 Å². The van der Waals surface area contributed by atoms with Crippen molar-refractivity contribution in [1.29, 1.82) is 0 Å². The highest BCUT2D eigenvalue weighted by Crippen LogP contribution is 2.21. The largest absolute Gasteiger partial charge is 0.353 e. The van der Waals surface area contributed by atoms with E-state index in [1.165, 1.54) is 0 Å². The van der Waals surface area contributed by atoms with Crippen molar-refractivity contribution in [2.45, 2.75) is 43.9 Å². The maximum atomic E-state index is 12.1. The number of likely N-dealkylation sites (N-methyl/N-ethyl adjacent to an activating group) is 1. The highest BCUT2D eigenvalue weighted by Gasteiger charge is 2.40. The third-order valence-electron chi connectivity index (χ3n) is 5.00. The minimum atomic E-state index is -0.126. The molecule has 1 aromatic rings. The summed E-state index contributed by atoms with van der Waals surface area (Å²) in [7, 11) is 2.06. The normalized spacial score (nSPS) is 27.2. The molecule has 3 heterocycles. The predicted octanol–water partition coefficient (Wildman–Crippen LogP) is -0.361. The molecule has 0 aromatic carbocycles. The maximum absolute atomic E-state index is 12.1. The Kier molecular flexibility index (Phi) is 5.42. The van der Waals surface area contributed by atoms with Crippen molar-refractivity contribution >= 4 is 11.8 Å². The second-order valence-electron chi connectivity index (χ2n) is 6.53. The average molecular weight is 331 g/mol. The van der Waals surface area contributed by atoms with Gasteiger partial charge in [0.05, 0.1) is 0 Å². The number of fused-ring (bicyclic) bond motifs is 1. The Labute approximate surface area is 142 Å². The molecule has 0 bridgehead atoms. The van der Waals surface area contributed by atoms with E-state index >= 15 is 0 Å². The summed E-state index contributed by atoms with van der Waals surface area (Å²) in [5.74, 6) is 0.108. The standard InChI is InChI=1S/C17H25N5O2/c1-22-13(11-21-17(24)16-14(22)6-8-19-16)4-5-15(23)20-10-12-3-2-7-18-9-12/h2-3,7,9,13-14,16,19H,4-6,8,10-11H2,1H3,(H,20,23)(H,21,24)/t13-,14-,16-/m0/s1. The molecule has 0 saturated carbocycles.